The molecule has 0 saturated heterocycles. The number of aromatic nitrogens is 3. The molecule has 0 aromatic carbocycles. The first kappa shape index (κ1) is 19.1. The molecule has 0 saturated carbocycles. The second-order valence-electron chi connectivity index (χ2n) is 6.37. The standard InChI is InChI=1S/C20H24N4O2S/c1-4-26-19-9-8-17(27-19)14(3)23-20(25)13(2)11-18-22-12-16(24-18)15-7-5-6-10-21-15/h5-10,12-14H,4,11H2,1-3H3,(H,22,24)(H,23,25)/t13-,14+/m0/s1. The highest BCUT2D eigenvalue weighted by atomic mass is 32.1. The topological polar surface area (TPSA) is 79.9 Å². The van der Waals surface area contributed by atoms with Crippen molar-refractivity contribution in [3.63, 3.8) is 0 Å². The summed E-state index contributed by atoms with van der Waals surface area (Å²) in [4.78, 5) is 25.6. The van der Waals surface area contributed by atoms with Crippen molar-refractivity contribution in [2.45, 2.75) is 33.2 Å². The predicted octanol–water partition coefficient (Wildman–Crippen LogP) is 3.99. The van der Waals surface area contributed by atoms with Gasteiger partial charge in [-0.05, 0) is 38.1 Å². The summed E-state index contributed by atoms with van der Waals surface area (Å²) in [6.07, 6.45) is 4.11. The van der Waals surface area contributed by atoms with E-state index in [1.165, 1.54) is 0 Å². The second kappa shape index (κ2) is 8.81. The van der Waals surface area contributed by atoms with E-state index in [-0.39, 0.29) is 17.9 Å². The molecule has 0 radical (unpaired) electrons. The van der Waals surface area contributed by atoms with Crippen LogP contribution in [0.25, 0.3) is 11.4 Å². The van der Waals surface area contributed by atoms with E-state index < -0.39 is 0 Å². The summed E-state index contributed by atoms with van der Waals surface area (Å²) in [5.74, 6) is 0.590. The molecule has 0 spiro atoms. The van der Waals surface area contributed by atoms with E-state index in [1.54, 1.807) is 17.5 Å². The van der Waals surface area contributed by atoms with Crippen LogP contribution in [0.15, 0.2) is 42.7 Å². The van der Waals surface area contributed by atoms with E-state index in [1.807, 2.05) is 57.3 Å². The highest BCUT2D eigenvalue weighted by Crippen LogP contribution is 2.29. The van der Waals surface area contributed by atoms with E-state index in [4.69, 9.17) is 4.74 Å². The maximum atomic E-state index is 12.5. The molecule has 0 fully saturated rings. The zero-order valence-corrected chi connectivity index (χ0v) is 16.5. The predicted molar refractivity (Wildman–Crippen MR) is 107 cm³/mol. The van der Waals surface area contributed by atoms with Crippen molar-refractivity contribution < 1.29 is 9.53 Å². The zero-order chi connectivity index (χ0) is 19.2. The van der Waals surface area contributed by atoms with Gasteiger partial charge in [-0.15, -0.1) is 11.3 Å². The Morgan fingerprint density at radius 1 is 1.26 bits per heavy atom. The number of pyridine rings is 1. The fraction of sp³-hybridized carbons (Fsp3) is 0.350. The molecule has 6 nitrogen and oxygen atoms in total. The van der Waals surface area contributed by atoms with Gasteiger partial charge in [0.05, 0.1) is 18.3 Å². The van der Waals surface area contributed by atoms with Gasteiger partial charge < -0.3 is 15.0 Å². The van der Waals surface area contributed by atoms with Gasteiger partial charge >= 0.3 is 0 Å². The Labute approximate surface area is 163 Å². The Morgan fingerprint density at radius 3 is 2.85 bits per heavy atom. The molecule has 2 N–H and O–H groups in total. The summed E-state index contributed by atoms with van der Waals surface area (Å²) in [6, 6.07) is 9.59. The van der Waals surface area contributed by atoms with Crippen LogP contribution < -0.4 is 10.1 Å². The number of ether oxygens (including phenoxy) is 1. The summed E-state index contributed by atoms with van der Waals surface area (Å²) < 4.78 is 5.50. The van der Waals surface area contributed by atoms with E-state index in [2.05, 4.69) is 20.3 Å². The number of rotatable bonds is 8. The maximum absolute atomic E-state index is 12.5. The lowest BCUT2D eigenvalue weighted by Crippen LogP contribution is -2.32. The Bertz CT molecular complexity index is 875. The molecule has 3 aromatic rings. The summed E-state index contributed by atoms with van der Waals surface area (Å²) >= 11 is 1.56. The molecule has 142 valence electrons. The molecule has 27 heavy (non-hydrogen) atoms. The second-order valence-corrected chi connectivity index (χ2v) is 7.45. The first-order valence-corrected chi connectivity index (χ1v) is 9.87. The van der Waals surface area contributed by atoms with Crippen LogP contribution in [0.3, 0.4) is 0 Å². The van der Waals surface area contributed by atoms with E-state index in [9.17, 15) is 4.79 Å². The molecule has 0 aliphatic rings. The normalized spacial score (nSPS) is 13.1. The van der Waals surface area contributed by atoms with Gasteiger partial charge in [0.1, 0.15) is 11.5 Å². The number of carbonyl (C=O) groups excluding carboxylic acids is 1. The maximum Gasteiger partial charge on any atom is 0.223 e. The molecule has 7 heteroatoms. The van der Waals surface area contributed by atoms with Crippen LogP contribution >= 0.6 is 11.3 Å². The molecule has 3 rings (SSSR count). The monoisotopic (exact) mass is 384 g/mol. The van der Waals surface area contributed by atoms with Crippen molar-refractivity contribution in [2.24, 2.45) is 5.92 Å². The smallest absolute Gasteiger partial charge is 0.223 e. The number of amides is 1. The molecule has 3 heterocycles. The highest BCUT2D eigenvalue weighted by molar-refractivity contribution is 7.13. The quantitative estimate of drug-likeness (QED) is 0.615. The Balaban J connectivity index is 1.56. The first-order chi connectivity index (χ1) is 13.1. The van der Waals surface area contributed by atoms with Crippen LogP contribution in [-0.4, -0.2) is 27.5 Å². The number of hydrogen-bond acceptors (Lipinski definition) is 5. The fourth-order valence-electron chi connectivity index (χ4n) is 2.71. The van der Waals surface area contributed by atoms with E-state index in [0.29, 0.717) is 13.0 Å². The summed E-state index contributed by atoms with van der Waals surface area (Å²) in [6.45, 7) is 6.49. The minimum atomic E-state index is -0.193. The van der Waals surface area contributed by atoms with Crippen molar-refractivity contribution in [2.75, 3.05) is 6.61 Å². The Morgan fingerprint density at radius 2 is 2.11 bits per heavy atom. The third-order valence-corrected chi connectivity index (χ3v) is 5.36. The van der Waals surface area contributed by atoms with Gasteiger partial charge in [-0.25, -0.2) is 4.98 Å². The number of nitrogens with one attached hydrogen (secondary N) is 2. The lowest BCUT2D eigenvalue weighted by molar-refractivity contribution is -0.125. The molecule has 0 aliphatic carbocycles. The van der Waals surface area contributed by atoms with E-state index >= 15 is 0 Å². The Kier molecular flexibility index (Phi) is 6.24. The van der Waals surface area contributed by atoms with Crippen LogP contribution in [0.2, 0.25) is 0 Å². The average molecular weight is 385 g/mol. The third-order valence-electron chi connectivity index (χ3n) is 4.18. The van der Waals surface area contributed by atoms with Crippen LogP contribution in [0.1, 0.15) is 37.5 Å². The van der Waals surface area contributed by atoms with Gasteiger partial charge in [0.2, 0.25) is 5.91 Å². The van der Waals surface area contributed by atoms with Crippen LogP contribution in [0.5, 0.6) is 5.06 Å². The van der Waals surface area contributed by atoms with Crippen LogP contribution in [-0.2, 0) is 11.2 Å². The molecular weight excluding hydrogens is 360 g/mol. The van der Waals surface area contributed by atoms with E-state index in [0.717, 1.165) is 27.2 Å². The van der Waals surface area contributed by atoms with Crippen molar-refractivity contribution in [1.82, 2.24) is 20.3 Å². The summed E-state index contributed by atoms with van der Waals surface area (Å²) in [7, 11) is 0. The molecule has 1 amide bonds. The van der Waals surface area contributed by atoms with Crippen LogP contribution in [0, 0.1) is 5.92 Å². The van der Waals surface area contributed by atoms with Crippen molar-refractivity contribution in [3.8, 4) is 16.5 Å². The van der Waals surface area contributed by atoms with Crippen molar-refractivity contribution in [1.29, 1.82) is 0 Å². The summed E-state index contributed by atoms with van der Waals surface area (Å²) in [5.41, 5.74) is 1.60. The number of hydrogen-bond donors (Lipinski definition) is 2. The molecular formula is C20H24N4O2S. The first-order valence-electron chi connectivity index (χ1n) is 9.05. The lowest BCUT2D eigenvalue weighted by Gasteiger charge is -2.16. The molecule has 0 unspecified atom stereocenters. The lowest BCUT2D eigenvalue weighted by atomic mass is 10.1. The highest BCUT2D eigenvalue weighted by Gasteiger charge is 2.19. The number of carbonyl (C=O) groups is 1. The van der Waals surface area contributed by atoms with Gasteiger partial charge in [0, 0.05) is 29.6 Å². The third kappa shape index (κ3) is 4.95. The number of imidazole rings is 1. The molecule has 0 bridgehead atoms. The van der Waals surface area contributed by atoms with Crippen molar-refractivity contribution in [3.05, 3.63) is 53.4 Å². The number of aromatic amines is 1. The van der Waals surface area contributed by atoms with Crippen molar-refractivity contribution >= 4 is 17.2 Å². The van der Waals surface area contributed by atoms with Gasteiger partial charge in [-0.1, -0.05) is 13.0 Å². The van der Waals surface area contributed by atoms with Gasteiger partial charge in [-0.2, -0.15) is 0 Å². The fourth-order valence-corrected chi connectivity index (χ4v) is 3.63. The molecule has 3 aromatic heterocycles. The van der Waals surface area contributed by atoms with Gasteiger partial charge in [0.15, 0.2) is 5.06 Å². The molecule has 0 aliphatic heterocycles. The number of thiophene rings is 1. The minimum absolute atomic E-state index is 0.00430. The van der Waals surface area contributed by atoms with Gasteiger partial charge in [-0.3, -0.25) is 9.78 Å². The number of H-pyrrole nitrogens is 1. The SMILES string of the molecule is CCOc1ccc([C@@H](C)NC(=O)[C@@H](C)Cc2nc(-c3ccccn3)c[nH]2)s1. The average Bonchev–Trinajstić information content (AvgIpc) is 3.32. The number of nitrogens with zero attached hydrogens (tertiary/aromatic N) is 2. The minimum Gasteiger partial charge on any atom is -0.484 e. The van der Waals surface area contributed by atoms with Gasteiger partial charge in [0.25, 0.3) is 0 Å². The Hall–Kier alpha value is -2.67. The molecule has 2 atom stereocenters. The zero-order valence-electron chi connectivity index (χ0n) is 15.7. The largest absolute Gasteiger partial charge is 0.484 e. The van der Waals surface area contributed by atoms with Crippen LogP contribution in [0.4, 0.5) is 0 Å². The summed E-state index contributed by atoms with van der Waals surface area (Å²) in [5, 5.41) is 3.95.